The molecule has 0 saturated heterocycles. The summed E-state index contributed by atoms with van der Waals surface area (Å²) in [5.41, 5.74) is 3.00. The highest BCUT2D eigenvalue weighted by Gasteiger charge is 2.43. The Morgan fingerprint density at radius 3 is 1.86 bits per heavy atom. The zero-order chi connectivity index (χ0) is 24.8. The van der Waals surface area contributed by atoms with E-state index < -0.39 is 12.3 Å². The standard InChI is InChI=1S/C31H41F3O/c1-3-4-23-7-13-26(14-8-23)28-17-19-29(20-18-28)30(32)31(33,34)35-21-24-9-15-27(16-10-24)25-11-5-22(2)6-12-25/h9-10,15-20,22-23,25-26,30H,3-8,11-14,21H2,1-2H3. The number of benzene rings is 2. The Labute approximate surface area is 209 Å². The van der Waals surface area contributed by atoms with Crippen molar-refractivity contribution < 1.29 is 17.9 Å². The number of halogens is 3. The molecule has 0 radical (unpaired) electrons. The van der Waals surface area contributed by atoms with E-state index in [2.05, 4.69) is 13.8 Å². The van der Waals surface area contributed by atoms with Gasteiger partial charge in [0, 0.05) is 0 Å². The molecule has 2 aromatic carbocycles. The van der Waals surface area contributed by atoms with Gasteiger partial charge in [-0.15, -0.1) is 0 Å². The molecule has 0 bridgehead atoms. The van der Waals surface area contributed by atoms with Crippen LogP contribution >= 0.6 is 0 Å². The summed E-state index contributed by atoms with van der Waals surface area (Å²) in [6.45, 7) is 4.21. The molecule has 0 N–H and O–H groups in total. The summed E-state index contributed by atoms with van der Waals surface area (Å²) in [5.74, 6) is 2.60. The van der Waals surface area contributed by atoms with E-state index in [1.165, 1.54) is 69.1 Å². The van der Waals surface area contributed by atoms with E-state index in [9.17, 15) is 13.2 Å². The Morgan fingerprint density at radius 2 is 1.31 bits per heavy atom. The lowest BCUT2D eigenvalue weighted by molar-refractivity contribution is -0.282. The van der Waals surface area contributed by atoms with Crippen LogP contribution in [0.2, 0.25) is 0 Å². The van der Waals surface area contributed by atoms with Crippen LogP contribution in [0.15, 0.2) is 48.5 Å². The van der Waals surface area contributed by atoms with E-state index >= 15 is 0 Å². The second-order valence-electron chi connectivity index (χ2n) is 11.1. The van der Waals surface area contributed by atoms with Crippen LogP contribution in [-0.4, -0.2) is 6.11 Å². The second-order valence-corrected chi connectivity index (χ2v) is 11.1. The third-order valence-electron chi connectivity index (χ3n) is 8.44. The van der Waals surface area contributed by atoms with E-state index in [0.717, 1.165) is 30.2 Å². The van der Waals surface area contributed by atoms with Gasteiger partial charge < -0.3 is 4.74 Å². The van der Waals surface area contributed by atoms with E-state index in [0.29, 0.717) is 17.4 Å². The van der Waals surface area contributed by atoms with Gasteiger partial charge in [-0.3, -0.25) is 0 Å². The van der Waals surface area contributed by atoms with E-state index in [1.54, 1.807) is 0 Å². The highest BCUT2D eigenvalue weighted by Crippen LogP contribution is 2.40. The number of ether oxygens (including phenoxy) is 1. The minimum absolute atomic E-state index is 0.0275. The fourth-order valence-corrected chi connectivity index (χ4v) is 6.06. The van der Waals surface area contributed by atoms with Gasteiger partial charge in [0.15, 0.2) is 0 Å². The van der Waals surface area contributed by atoms with E-state index in [-0.39, 0.29) is 12.2 Å². The molecule has 4 rings (SSSR count). The van der Waals surface area contributed by atoms with Gasteiger partial charge in [-0.2, -0.15) is 8.78 Å². The van der Waals surface area contributed by atoms with Crippen molar-refractivity contribution in [1.82, 2.24) is 0 Å². The van der Waals surface area contributed by atoms with Gasteiger partial charge in [-0.25, -0.2) is 4.39 Å². The van der Waals surface area contributed by atoms with Crippen LogP contribution < -0.4 is 0 Å². The lowest BCUT2D eigenvalue weighted by Crippen LogP contribution is -2.27. The van der Waals surface area contributed by atoms with Crippen LogP contribution in [0.25, 0.3) is 0 Å². The first-order valence-corrected chi connectivity index (χ1v) is 13.7. The SMILES string of the molecule is CCCC1CCC(c2ccc(C(F)C(F)(F)OCc3ccc(C4CCC(C)CC4)cc3)cc2)CC1. The molecule has 1 nitrogen and oxygen atoms in total. The van der Waals surface area contributed by atoms with Gasteiger partial charge >= 0.3 is 6.11 Å². The van der Waals surface area contributed by atoms with Crippen molar-refractivity contribution in [1.29, 1.82) is 0 Å². The van der Waals surface area contributed by atoms with Crippen LogP contribution in [0.5, 0.6) is 0 Å². The summed E-state index contributed by atoms with van der Waals surface area (Å²) >= 11 is 0. The Kier molecular flexibility index (Phi) is 8.97. The number of alkyl halides is 3. The third kappa shape index (κ3) is 6.90. The number of hydrogen-bond donors (Lipinski definition) is 0. The van der Waals surface area contributed by atoms with E-state index in [1.807, 2.05) is 36.4 Å². The normalized spacial score (nSPS) is 26.4. The quantitative estimate of drug-likeness (QED) is 0.343. The van der Waals surface area contributed by atoms with Gasteiger partial charge in [0.1, 0.15) is 0 Å². The summed E-state index contributed by atoms with van der Waals surface area (Å²) in [5, 5.41) is 0. The van der Waals surface area contributed by atoms with Crippen molar-refractivity contribution in [3.63, 3.8) is 0 Å². The van der Waals surface area contributed by atoms with Crippen molar-refractivity contribution in [2.45, 2.75) is 109 Å². The predicted molar refractivity (Wildman–Crippen MR) is 136 cm³/mol. The Balaban J connectivity index is 1.29. The summed E-state index contributed by atoms with van der Waals surface area (Å²) in [7, 11) is 0. The Hall–Kier alpha value is -1.81. The van der Waals surface area contributed by atoms with Crippen molar-refractivity contribution in [3.8, 4) is 0 Å². The van der Waals surface area contributed by atoms with E-state index in [4.69, 9.17) is 4.74 Å². The molecule has 1 atom stereocenters. The van der Waals surface area contributed by atoms with Gasteiger partial charge in [0.25, 0.3) is 0 Å². The summed E-state index contributed by atoms with van der Waals surface area (Å²) in [6, 6.07) is 14.4. The maximum Gasteiger partial charge on any atom is 0.391 e. The average Bonchev–Trinajstić information content (AvgIpc) is 2.89. The molecule has 1 unspecified atom stereocenters. The van der Waals surface area contributed by atoms with Crippen LogP contribution in [0.4, 0.5) is 13.2 Å². The fraction of sp³-hybridized carbons (Fsp3) is 0.613. The molecule has 0 heterocycles. The monoisotopic (exact) mass is 486 g/mol. The molecule has 2 saturated carbocycles. The zero-order valence-electron chi connectivity index (χ0n) is 21.3. The first-order valence-electron chi connectivity index (χ1n) is 13.7. The minimum Gasteiger partial charge on any atom is -0.313 e. The smallest absolute Gasteiger partial charge is 0.313 e. The largest absolute Gasteiger partial charge is 0.391 e. The molecule has 2 fully saturated rings. The molecule has 0 spiro atoms. The maximum absolute atomic E-state index is 14.8. The molecule has 2 aliphatic carbocycles. The Morgan fingerprint density at radius 1 is 0.800 bits per heavy atom. The summed E-state index contributed by atoms with van der Waals surface area (Å²) < 4.78 is 48.7. The van der Waals surface area contributed by atoms with Crippen molar-refractivity contribution >= 4 is 0 Å². The molecule has 35 heavy (non-hydrogen) atoms. The predicted octanol–water partition coefficient (Wildman–Crippen LogP) is 9.87. The van der Waals surface area contributed by atoms with Crippen LogP contribution in [0.1, 0.15) is 118 Å². The van der Waals surface area contributed by atoms with Crippen molar-refractivity contribution in [3.05, 3.63) is 70.8 Å². The van der Waals surface area contributed by atoms with Crippen LogP contribution in [0.3, 0.4) is 0 Å². The van der Waals surface area contributed by atoms with Crippen molar-refractivity contribution in [2.75, 3.05) is 0 Å². The highest BCUT2D eigenvalue weighted by molar-refractivity contribution is 5.28. The molecule has 0 amide bonds. The molecular weight excluding hydrogens is 445 g/mol. The molecular formula is C31H41F3O. The highest BCUT2D eigenvalue weighted by atomic mass is 19.3. The number of hydrogen-bond acceptors (Lipinski definition) is 1. The molecule has 0 aromatic heterocycles. The Bertz CT molecular complexity index is 892. The lowest BCUT2D eigenvalue weighted by Gasteiger charge is -2.29. The second kappa shape index (κ2) is 12.0. The molecule has 2 aromatic rings. The van der Waals surface area contributed by atoms with Crippen LogP contribution in [-0.2, 0) is 11.3 Å². The van der Waals surface area contributed by atoms with Gasteiger partial charge in [-0.05, 0) is 84.5 Å². The summed E-state index contributed by atoms with van der Waals surface area (Å²) in [6.07, 6.45) is 5.67. The minimum atomic E-state index is -3.88. The van der Waals surface area contributed by atoms with Gasteiger partial charge in [0.2, 0.25) is 6.17 Å². The van der Waals surface area contributed by atoms with Crippen LogP contribution in [0, 0.1) is 11.8 Å². The lowest BCUT2D eigenvalue weighted by atomic mass is 9.77. The van der Waals surface area contributed by atoms with Gasteiger partial charge in [-0.1, -0.05) is 88.1 Å². The maximum atomic E-state index is 14.8. The van der Waals surface area contributed by atoms with Gasteiger partial charge in [0.05, 0.1) is 6.61 Å². The average molecular weight is 487 g/mol. The summed E-state index contributed by atoms with van der Waals surface area (Å²) in [4.78, 5) is 0. The topological polar surface area (TPSA) is 9.23 Å². The molecule has 4 heteroatoms. The molecule has 0 aliphatic heterocycles. The zero-order valence-corrected chi connectivity index (χ0v) is 21.3. The fourth-order valence-electron chi connectivity index (χ4n) is 6.06. The number of rotatable bonds is 9. The first kappa shape index (κ1) is 26.3. The third-order valence-corrected chi connectivity index (χ3v) is 8.44. The first-order chi connectivity index (χ1) is 16.9. The molecule has 2 aliphatic rings. The molecule has 192 valence electrons. The van der Waals surface area contributed by atoms with Crippen molar-refractivity contribution in [2.24, 2.45) is 11.8 Å².